The van der Waals surface area contributed by atoms with E-state index in [9.17, 15) is 68.7 Å². The van der Waals surface area contributed by atoms with Crippen molar-refractivity contribution in [3.05, 3.63) is 181 Å². The van der Waals surface area contributed by atoms with Crippen molar-refractivity contribution in [2.24, 2.45) is 0 Å². The van der Waals surface area contributed by atoms with E-state index in [0.717, 1.165) is 70.5 Å². The van der Waals surface area contributed by atoms with Gasteiger partial charge >= 0.3 is 0 Å². The van der Waals surface area contributed by atoms with Gasteiger partial charge in [0.25, 0.3) is 40.5 Å². The van der Waals surface area contributed by atoms with Crippen molar-refractivity contribution in [1.82, 2.24) is 0 Å². The molecule has 0 heterocycles. The van der Waals surface area contributed by atoms with Gasteiger partial charge < -0.3 is 18.9 Å². The van der Waals surface area contributed by atoms with Crippen molar-refractivity contribution in [3.63, 3.8) is 0 Å². The maximum atomic E-state index is 14.2. The third-order valence-corrected chi connectivity index (χ3v) is 23.0. The molecule has 0 aliphatic heterocycles. The zero-order valence-electron chi connectivity index (χ0n) is 49.0. The molecule has 8 aromatic carbocycles. The minimum atomic E-state index is -5.20. The standard InChI is InChI=1S/C62H62O20S7/c1-9-60(4,5)52-32-28-48(36-56(52)86(67,68)69)84(63,64)50-30-34-54(58(38-50)88(73,74)75)79-42-16-12-40(13-17-42)41-14-18-45(19-15-41)82-62(8,11-3)53-33-29-49(37-57(53)87(70,71)72)85(65,66)51-31-35-55(59(39-51)89(76,77)78)80-43-20-24-46(25-21-43)83-47-26-22-44(23-27-47)81-61(6,7)10-2/h12-39H,9-11H2,1-8H3,(H,67,68,69)(H,70,71,72)(H,73,74,75)(H,76,77,78). The van der Waals surface area contributed by atoms with Crippen LogP contribution in [0.25, 0.3) is 11.1 Å². The van der Waals surface area contributed by atoms with E-state index < -0.39 is 122 Å². The zero-order valence-corrected chi connectivity index (χ0v) is 54.7. The van der Waals surface area contributed by atoms with E-state index >= 15 is 0 Å². The summed E-state index contributed by atoms with van der Waals surface area (Å²) in [6, 6.07) is 38.0. The smallest absolute Gasteiger partial charge is 0.298 e. The van der Waals surface area contributed by atoms with Gasteiger partial charge in [-0.3, -0.25) is 18.2 Å². The molecule has 0 aliphatic carbocycles. The number of hydrogen-bond acceptors (Lipinski definition) is 17. The maximum Gasteiger partial charge on any atom is 0.298 e. The number of rotatable bonds is 24. The predicted molar refractivity (Wildman–Crippen MR) is 332 cm³/mol. The summed E-state index contributed by atoms with van der Waals surface area (Å²) >= 11 is 1.44. The molecule has 0 spiro atoms. The first-order valence-corrected chi connectivity index (χ1v) is 36.6. The number of benzene rings is 8. The maximum absolute atomic E-state index is 14.2. The molecule has 472 valence electrons. The van der Waals surface area contributed by atoms with Crippen LogP contribution in [0.3, 0.4) is 0 Å². The van der Waals surface area contributed by atoms with Crippen LogP contribution in [0.4, 0.5) is 0 Å². The molecule has 0 fully saturated rings. The van der Waals surface area contributed by atoms with Crippen LogP contribution in [-0.2, 0) is 71.2 Å². The molecule has 1 unspecified atom stereocenters. The zero-order chi connectivity index (χ0) is 65.5. The van der Waals surface area contributed by atoms with Crippen molar-refractivity contribution in [2.45, 2.75) is 140 Å². The summed E-state index contributed by atoms with van der Waals surface area (Å²) < 4.78 is 223. The minimum absolute atomic E-state index is 0.0494. The van der Waals surface area contributed by atoms with E-state index in [2.05, 4.69) is 0 Å². The van der Waals surface area contributed by atoms with Gasteiger partial charge in [-0.2, -0.15) is 33.7 Å². The molecule has 0 bridgehead atoms. The minimum Gasteiger partial charge on any atom is -0.488 e. The summed E-state index contributed by atoms with van der Waals surface area (Å²) in [6.07, 6.45) is 1.31. The van der Waals surface area contributed by atoms with E-state index in [-0.39, 0.29) is 40.4 Å². The summed E-state index contributed by atoms with van der Waals surface area (Å²) in [4.78, 5) is -4.16. The SMILES string of the molecule is CCC(C)(C)Oc1ccc(Sc2ccc(Oc3ccc(S(=O)(=O)c4ccc(C(C)(CC)Oc5ccc(-c6ccc(Oc7ccc(S(=O)(=O)c8ccc(C(C)(C)CC)c(S(=O)(=O)O)c8)cc7S(=O)(=O)O)cc6)cc5)c(S(=O)(=O)O)c4)cc3S(=O)(=O)O)cc2)cc1. The molecule has 0 radical (unpaired) electrons. The third kappa shape index (κ3) is 15.5. The molecule has 20 nitrogen and oxygen atoms in total. The second kappa shape index (κ2) is 25.3. The summed E-state index contributed by atoms with van der Waals surface area (Å²) in [5, 5.41) is 0. The van der Waals surface area contributed by atoms with Gasteiger partial charge in [-0.25, -0.2) is 16.8 Å². The molecule has 8 aromatic rings. The van der Waals surface area contributed by atoms with Gasteiger partial charge in [-0.15, -0.1) is 0 Å². The highest BCUT2D eigenvalue weighted by Crippen LogP contribution is 2.42. The molecule has 0 saturated carbocycles. The summed E-state index contributed by atoms with van der Waals surface area (Å²) in [6.45, 7) is 14.4. The molecule has 0 saturated heterocycles. The van der Waals surface area contributed by atoms with Gasteiger partial charge in [0.05, 0.1) is 24.5 Å². The number of hydrogen-bond donors (Lipinski definition) is 4. The van der Waals surface area contributed by atoms with E-state index in [1.54, 1.807) is 88.4 Å². The van der Waals surface area contributed by atoms with Gasteiger partial charge in [0.2, 0.25) is 19.7 Å². The molecule has 0 amide bonds. The van der Waals surface area contributed by atoms with E-state index in [1.165, 1.54) is 36.9 Å². The highest BCUT2D eigenvalue weighted by atomic mass is 32.2. The Morgan fingerprint density at radius 3 is 1.06 bits per heavy atom. The molecular formula is C62H62O20S7. The van der Waals surface area contributed by atoms with Crippen LogP contribution >= 0.6 is 11.8 Å². The van der Waals surface area contributed by atoms with Crippen molar-refractivity contribution >= 4 is 71.9 Å². The van der Waals surface area contributed by atoms with Crippen molar-refractivity contribution in [3.8, 4) is 45.6 Å². The van der Waals surface area contributed by atoms with Crippen LogP contribution in [0, 0.1) is 0 Å². The first kappa shape index (κ1) is 67.8. The topological polar surface area (TPSA) is 323 Å². The van der Waals surface area contributed by atoms with Crippen LogP contribution in [0.15, 0.2) is 219 Å². The van der Waals surface area contributed by atoms with Crippen LogP contribution in [-0.4, -0.2) is 74.3 Å². The average Bonchev–Trinajstić information content (AvgIpc) is 0.895. The van der Waals surface area contributed by atoms with Crippen molar-refractivity contribution in [1.29, 1.82) is 0 Å². The first-order valence-electron chi connectivity index (χ1n) is 27.1. The van der Waals surface area contributed by atoms with Crippen LogP contribution in [0.2, 0.25) is 0 Å². The Morgan fingerprint density at radius 2 is 0.685 bits per heavy atom. The average molecular weight is 1350 g/mol. The molecule has 0 aromatic heterocycles. The quantitative estimate of drug-likeness (QED) is 0.0408. The second-order valence-corrected chi connectivity index (χ2v) is 32.5. The Kier molecular flexibility index (Phi) is 19.2. The fraction of sp³-hybridized carbons (Fsp3) is 0.226. The largest absolute Gasteiger partial charge is 0.488 e. The first-order chi connectivity index (χ1) is 41.3. The van der Waals surface area contributed by atoms with Gasteiger partial charge in [-0.1, -0.05) is 82.8 Å². The number of sulfone groups is 2. The van der Waals surface area contributed by atoms with E-state index in [4.69, 9.17) is 18.9 Å². The predicted octanol–water partition coefficient (Wildman–Crippen LogP) is 13.7. The van der Waals surface area contributed by atoms with Crippen LogP contribution < -0.4 is 18.9 Å². The lowest BCUT2D eigenvalue weighted by molar-refractivity contribution is 0.0792. The molecular weight excluding hydrogens is 1290 g/mol. The molecule has 1 atom stereocenters. The summed E-state index contributed by atoms with van der Waals surface area (Å²) in [5.74, 6) is 0.238. The summed E-state index contributed by atoms with van der Waals surface area (Å²) in [7, 11) is -29.9. The molecule has 0 aliphatic rings. The third-order valence-electron chi connectivity index (χ3n) is 14.9. The molecule has 89 heavy (non-hydrogen) atoms. The van der Waals surface area contributed by atoms with Crippen LogP contribution in [0.1, 0.15) is 85.8 Å². The fourth-order valence-electron chi connectivity index (χ4n) is 9.05. The lowest BCUT2D eigenvalue weighted by atomic mass is 9.82. The lowest BCUT2D eigenvalue weighted by Crippen LogP contribution is -2.31. The van der Waals surface area contributed by atoms with Crippen LogP contribution in [0.5, 0.6) is 34.5 Å². The lowest BCUT2D eigenvalue weighted by Gasteiger charge is -2.31. The monoisotopic (exact) mass is 1350 g/mol. The van der Waals surface area contributed by atoms with Gasteiger partial charge in [0.1, 0.15) is 60.4 Å². The highest BCUT2D eigenvalue weighted by molar-refractivity contribution is 7.99. The normalized spacial score (nSPS) is 13.5. The fourth-order valence-corrected chi connectivity index (χ4v) is 15.8. The Balaban J connectivity index is 0.976. The Hall–Kier alpha value is -7.15. The Bertz CT molecular complexity index is 4710. The van der Waals surface area contributed by atoms with Gasteiger partial charge in [0.15, 0.2) is 0 Å². The number of ether oxygens (including phenoxy) is 4. The molecule has 27 heteroatoms. The van der Waals surface area contributed by atoms with E-state index in [0.29, 0.717) is 35.7 Å². The van der Waals surface area contributed by atoms with Crippen molar-refractivity contribution in [2.75, 3.05) is 0 Å². The highest BCUT2D eigenvalue weighted by Gasteiger charge is 2.36. The Labute approximate surface area is 522 Å². The van der Waals surface area contributed by atoms with Crippen molar-refractivity contribution < 1.29 is 87.7 Å². The Morgan fingerprint density at radius 1 is 0.360 bits per heavy atom. The molecule has 4 N–H and O–H groups in total. The van der Waals surface area contributed by atoms with Gasteiger partial charge in [0, 0.05) is 15.4 Å². The second-order valence-electron chi connectivity index (χ2n) is 21.9. The molecule has 8 rings (SSSR count). The van der Waals surface area contributed by atoms with Gasteiger partial charge in [-0.05, 0) is 196 Å². The van der Waals surface area contributed by atoms with E-state index in [1.807, 2.05) is 45.0 Å². The summed E-state index contributed by atoms with van der Waals surface area (Å²) in [5.41, 5.74) is -1.46.